The molecule has 0 atom stereocenters. The Labute approximate surface area is 73.7 Å². The predicted molar refractivity (Wildman–Crippen MR) is 45.0 cm³/mol. The summed E-state index contributed by atoms with van der Waals surface area (Å²) in [5, 5.41) is 2.08. The van der Waals surface area contributed by atoms with Crippen LogP contribution >= 0.6 is 11.3 Å². The van der Waals surface area contributed by atoms with Crippen molar-refractivity contribution in [3.63, 3.8) is 0 Å². The number of carbonyl (C=O) groups excluding carboxylic acids is 1. The van der Waals surface area contributed by atoms with Gasteiger partial charge in [0, 0.05) is 16.0 Å². The van der Waals surface area contributed by atoms with Gasteiger partial charge >= 0.3 is 0 Å². The Bertz CT molecular complexity index is 339. The van der Waals surface area contributed by atoms with Crippen LogP contribution in [0.15, 0.2) is 0 Å². The molecule has 4 heteroatoms. The van der Waals surface area contributed by atoms with Crippen molar-refractivity contribution in [3.05, 3.63) is 15.6 Å². The van der Waals surface area contributed by atoms with E-state index in [1.807, 2.05) is 12.2 Å². The van der Waals surface area contributed by atoms with Crippen molar-refractivity contribution in [2.75, 3.05) is 6.98 Å². The Hall–Kier alpha value is -0.900. The molecule has 1 amide bonds. The zero-order valence-corrected chi connectivity index (χ0v) is 7.08. The van der Waals surface area contributed by atoms with Crippen molar-refractivity contribution in [2.24, 2.45) is 0 Å². The van der Waals surface area contributed by atoms with Crippen LogP contribution in [0.4, 0.5) is 0 Å². The fourth-order valence-electron chi connectivity index (χ4n) is 0.623. The number of aromatic nitrogens is 1. The molecule has 0 aliphatic carbocycles. The minimum atomic E-state index is -2.45. The molecule has 0 unspecified atom stereocenters. The molecular formula is C7H10N2OS. The van der Waals surface area contributed by atoms with Crippen LogP contribution in [0, 0.1) is 13.8 Å². The van der Waals surface area contributed by atoms with Gasteiger partial charge < -0.3 is 5.32 Å². The van der Waals surface area contributed by atoms with Gasteiger partial charge in [0.15, 0.2) is 5.01 Å². The molecule has 0 saturated carbocycles. The Morgan fingerprint density at radius 3 is 2.91 bits per heavy atom. The Morgan fingerprint density at radius 1 is 1.73 bits per heavy atom. The minimum absolute atomic E-state index is 0.191. The topological polar surface area (TPSA) is 42.0 Å². The summed E-state index contributed by atoms with van der Waals surface area (Å²) in [6.45, 7) is 1.15. The normalized spacial score (nSPS) is 14.9. The molecule has 1 N–H and O–H groups in total. The lowest BCUT2D eigenvalue weighted by Crippen LogP contribution is -2.17. The van der Waals surface area contributed by atoms with E-state index < -0.39 is 12.9 Å². The van der Waals surface area contributed by atoms with Gasteiger partial charge in [-0.2, -0.15) is 0 Å². The van der Waals surface area contributed by atoms with E-state index >= 15 is 0 Å². The largest absolute Gasteiger partial charge is 0.353 e. The lowest BCUT2D eigenvalue weighted by Gasteiger charge is -1.89. The zero-order valence-electron chi connectivity index (χ0n) is 9.26. The summed E-state index contributed by atoms with van der Waals surface area (Å²) in [6, 6.07) is 0. The number of hydrogen-bond donors (Lipinski definition) is 1. The van der Waals surface area contributed by atoms with Crippen LogP contribution in [0.2, 0.25) is 0 Å². The molecule has 3 nitrogen and oxygen atoms in total. The molecule has 11 heavy (non-hydrogen) atoms. The average Bonchev–Trinajstić information content (AvgIpc) is 2.28. The van der Waals surface area contributed by atoms with Gasteiger partial charge in [0.05, 0.1) is 5.69 Å². The van der Waals surface area contributed by atoms with Gasteiger partial charge in [0.2, 0.25) is 0 Å². The molecule has 0 saturated heterocycles. The molecule has 0 aliphatic heterocycles. The third-order valence-electron chi connectivity index (χ3n) is 1.34. The van der Waals surface area contributed by atoms with Gasteiger partial charge in [-0.05, 0) is 13.8 Å². The standard InChI is InChI=1S/C7H10N2OS/c1-4-5(2)11-7(9-4)6(10)8-3/h1-3H3,(H,8,10)/i3D3. The quantitative estimate of drug-likeness (QED) is 0.691. The van der Waals surface area contributed by atoms with Crippen LogP contribution in [0.1, 0.15) is 24.5 Å². The molecule has 60 valence electrons. The van der Waals surface area contributed by atoms with Crippen LogP contribution in [0.25, 0.3) is 0 Å². The molecule has 0 aliphatic rings. The summed E-state index contributed by atoms with van der Waals surface area (Å²) >= 11 is 1.19. The van der Waals surface area contributed by atoms with E-state index in [1.54, 1.807) is 6.92 Å². The monoisotopic (exact) mass is 173 g/mol. The SMILES string of the molecule is [2H]C([2H])([2H])NC(=O)c1nc(C)c(C)s1. The lowest BCUT2D eigenvalue weighted by molar-refractivity contribution is 0.0962. The molecule has 0 radical (unpaired) electrons. The summed E-state index contributed by atoms with van der Waals surface area (Å²) in [5.74, 6) is -0.647. The number of nitrogens with one attached hydrogen (secondary N) is 1. The van der Waals surface area contributed by atoms with Crippen LogP contribution < -0.4 is 5.32 Å². The highest BCUT2D eigenvalue weighted by atomic mass is 32.1. The summed E-state index contributed by atoms with van der Waals surface area (Å²) in [4.78, 5) is 16.2. The minimum Gasteiger partial charge on any atom is -0.353 e. The van der Waals surface area contributed by atoms with Crippen molar-refractivity contribution in [3.8, 4) is 0 Å². The molecule has 1 aromatic heterocycles. The van der Waals surface area contributed by atoms with Crippen molar-refractivity contribution >= 4 is 17.2 Å². The van der Waals surface area contributed by atoms with Gasteiger partial charge in [-0.3, -0.25) is 4.79 Å². The van der Waals surface area contributed by atoms with Crippen molar-refractivity contribution in [2.45, 2.75) is 13.8 Å². The number of carbonyl (C=O) groups is 1. The molecule has 1 heterocycles. The van der Waals surface area contributed by atoms with E-state index in [0.717, 1.165) is 10.6 Å². The first-order valence-corrected chi connectivity index (χ1v) is 3.88. The van der Waals surface area contributed by atoms with E-state index in [0.29, 0.717) is 0 Å². The van der Waals surface area contributed by atoms with Gasteiger partial charge in [-0.1, -0.05) is 0 Å². The van der Waals surface area contributed by atoms with E-state index in [-0.39, 0.29) is 5.01 Å². The molecule has 0 aromatic carbocycles. The van der Waals surface area contributed by atoms with Gasteiger partial charge in [0.1, 0.15) is 0 Å². The molecule has 1 aromatic rings. The predicted octanol–water partition coefficient (Wildman–Crippen LogP) is 1.12. The Kier molecular flexibility index (Phi) is 1.33. The second kappa shape index (κ2) is 3.00. The maximum Gasteiger partial charge on any atom is 0.280 e. The highest BCUT2D eigenvalue weighted by Crippen LogP contribution is 2.15. The first-order chi connectivity index (χ1) is 6.29. The number of thiazole rings is 1. The lowest BCUT2D eigenvalue weighted by atomic mass is 10.4. The number of aryl methyl sites for hydroxylation is 2. The van der Waals surface area contributed by atoms with Gasteiger partial charge in [-0.15, -0.1) is 11.3 Å². The third kappa shape index (κ3) is 1.57. The summed E-state index contributed by atoms with van der Waals surface area (Å²) in [6.07, 6.45) is 0. The second-order valence-electron chi connectivity index (χ2n) is 2.11. The Morgan fingerprint density at radius 2 is 2.45 bits per heavy atom. The molecule has 1 rings (SSSR count). The molecule has 0 bridgehead atoms. The fourth-order valence-corrected chi connectivity index (χ4v) is 1.43. The molecule has 0 spiro atoms. The number of nitrogens with zero attached hydrogens (tertiary/aromatic N) is 1. The van der Waals surface area contributed by atoms with Crippen molar-refractivity contribution in [1.82, 2.24) is 10.3 Å². The smallest absolute Gasteiger partial charge is 0.280 e. The number of amides is 1. The molecule has 0 fully saturated rings. The van der Waals surface area contributed by atoms with Crippen LogP contribution in [0.3, 0.4) is 0 Å². The van der Waals surface area contributed by atoms with E-state index in [4.69, 9.17) is 4.11 Å². The fraction of sp³-hybridized carbons (Fsp3) is 0.429. The van der Waals surface area contributed by atoms with E-state index in [1.165, 1.54) is 11.3 Å². The van der Waals surface area contributed by atoms with E-state index in [9.17, 15) is 4.79 Å². The summed E-state index contributed by atoms with van der Waals surface area (Å²) in [5.41, 5.74) is 0.755. The van der Waals surface area contributed by atoms with Crippen molar-refractivity contribution < 1.29 is 8.91 Å². The van der Waals surface area contributed by atoms with Crippen LogP contribution in [-0.2, 0) is 0 Å². The molecular weight excluding hydrogens is 160 g/mol. The van der Waals surface area contributed by atoms with E-state index in [2.05, 4.69) is 4.98 Å². The van der Waals surface area contributed by atoms with Crippen molar-refractivity contribution in [1.29, 1.82) is 0 Å². The number of rotatable bonds is 1. The Balaban J connectivity index is 2.80. The number of hydrogen-bond acceptors (Lipinski definition) is 3. The first kappa shape index (κ1) is 4.87. The highest BCUT2D eigenvalue weighted by molar-refractivity contribution is 7.13. The maximum atomic E-state index is 11.3. The van der Waals surface area contributed by atoms with Gasteiger partial charge in [0.25, 0.3) is 5.91 Å². The van der Waals surface area contributed by atoms with Crippen LogP contribution in [-0.4, -0.2) is 17.9 Å². The van der Waals surface area contributed by atoms with Crippen LogP contribution in [0.5, 0.6) is 0 Å². The first-order valence-electron chi connectivity index (χ1n) is 4.56. The summed E-state index contributed by atoms with van der Waals surface area (Å²) in [7, 11) is 0. The zero-order chi connectivity index (χ0) is 10.9. The van der Waals surface area contributed by atoms with Gasteiger partial charge in [-0.25, -0.2) is 4.98 Å². The maximum absolute atomic E-state index is 11.3. The second-order valence-corrected chi connectivity index (χ2v) is 3.32. The summed E-state index contributed by atoms with van der Waals surface area (Å²) < 4.78 is 20.6. The average molecular weight is 173 g/mol. The highest BCUT2D eigenvalue weighted by Gasteiger charge is 2.09. The third-order valence-corrected chi connectivity index (χ3v) is 2.41.